The molecule has 1 unspecified atom stereocenters. The van der Waals surface area contributed by atoms with E-state index in [4.69, 9.17) is 21.1 Å². The van der Waals surface area contributed by atoms with Crippen LogP contribution in [0.4, 0.5) is 0 Å². The third kappa shape index (κ3) is 4.75. The van der Waals surface area contributed by atoms with E-state index < -0.39 is 0 Å². The number of carbonyl (C=O) groups is 1. The number of nitriles is 1. The second-order valence-electron chi connectivity index (χ2n) is 6.44. The highest BCUT2D eigenvalue weighted by Crippen LogP contribution is 2.26. The lowest BCUT2D eigenvalue weighted by Crippen LogP contribution is -2.50. The van der Waals surface area contributed by atoms with Gasteiger partial charge in [-0.25, -0.2) is 0 Å². The van der Waals surface area contributed by atoms with E-state index in [1.807, 2.05) is 24.3 Å². The van der Waals surface area contributed by atoms with Crippen molar-refractivity contribution in [3.8, 4) is 17.6 Å². The van der Waals surface area contributed by atoms with Crippen molar-refractivity contribution in [3.63, 3.8) is 0 Å². The molecule has 2 aromatic rings. The van der Waals surface area contributed by atoms with Crippen molar-refractivity contribution in [2.75, 3.05) is 39.9 Å². The lowest BCUT2D eigenvalue weighted by Gasteiger charge is -2.37. The van der Waals surface area contributed by atoms with Crippen LogP contribution < -0.4 is 9.47 Å². The summed E-state index contributed by atoms with van der Waals surface area (Å²) in [5.41, 5.74) is 0.909. The Hall–Kier alpha value is -2.75. The molecule has 1 aliphatic rings. The quantitative estimate of drug-likeness (QED) is 0.746. The second kappa shape index (κ2) is 9.45. The van der Waals surface area contributed by atoms with Crippen LogP contribution in [0.5, 0.6) is 11.5 Å². The molecule has 1 amide bonds. The first-order chi connectivity index (χ1) is 13.6. The summed E-state index contributed by atoms with van der Waals surface area (Å²) in [5.74, 6) is 1.06. The summed E-state index contributed by atoms with van der Waals surface area (Å²) in [7, 11) is 1.57. The van der Waals surface area contributed by atoms with Gasteiger partial charge in [0.1, 0.15) is 6.04 Å². The number of hydrogen-bond donors (Lipinski definition) is 0. The van der Waals surface area contributed by atoms with Crippen molar-refractivity contribution in [3.05, 3.63) is 59.1 Å². The SMILES string of the molecule is COc1ccccc1OCC(=O)N1CCN(C(C#N)c2ccc(Cl)cc2)CC1. The summed E-state index contributed by atoms with van der Waals surface area (Å²) in [5, 5.41) is 10.2. The maximum absolute atomic E-state index is 12.5. The normalized spacial score (nSPS) is 15.5. The number of para-hydroxylation sites is 2. The van der Waals surface area contributed by atoms with E-state index in [0.717, 1.165) is 5.56 Å². The smallest absolute Gasteiger partial charge is 0.260 e. The van der Waals surface area contributed by atoms with Gasteiger partial charge in [0.25, 0.3) is 5.91 Å². The number of benzene rings is 2. The first-order valence-corrected chi connectivity index (χ1v) is 9.43. The van der Waals surface area contributed by atoms with Gasteiger partial charge < -0.3 is 14.4 Å². The van der Waals surface area contributed by atoms with Crippen LogP contribution in [0.3, 0.4) is 0 Å². The molecule has 1 heterocycles. The summed E-state index contributed by atoms with van der Waals surface area (Å²) in [4.78, 5) is 16.3. The first-order valence-electron chi connectivity index (χ1n) is 9.05. The molecule has 0 N–H and O–H groups in total. The van der Waals surface area contributed by atoms with Crippen LogP contribution in [0, 0.1) is 11.3 Å². The van der Waals surface area contributed by atoms with Gasteiger partial charge >= 0.3 is 0 Å². The number of rotatable bonds is 6. The minimum Gasteiger partial charge on any atom is -0.493 e. The van der Waals surface area contributed by atoms with Crippen molar-refractivity contribution < 1.29 is 14.3 Å². The van der Waals surface area contributed by atoms with Crippen molar-refractivity contribution in [1.82, 2.24) is 9.80 Å². The van der Waals surface area contributed by atoms with E-state index in [2.05, 4.69) is 11.0 Å². The van der Waals surface area contributed by atoms with Gasteiger partial charge in [0.2, 0.25) is 0 Å². The van der Waals surface area contributed by atoms with E-state index in [9.17, 15) is 10.1 Å². The first kappa shape index (κ1) is 20.0. The molecule has 0 spiro atoms. The number of nitrogens with zero attached hydrogens (tertiary/aromatic N) is 3. The molecule has 0 bridgehead atoms. The largest absolute Gasteiger partial charge is 0.493 e. The Morgan fingerprint density at radius 2 is 1.75 bits per heavy atom. The van der Waals surface area contributed by atoms with Crippen LogP contribution in [0.25, 0.3) is 0 Å². The maximum Gasteiger partial charge on any atom is 0.260 e. The van der Waals surface area contributed by atoms with E-state index in [1.165, 1.54) is 0 Å². The fourth-order valence-corrected chi connectivity index (χ4v) is 3.34. The number of hydrogen-bond acceptors (Lipinski definition) is 5. The molecule has 28 heavy (non-hydrogen) atoms. The van der Waals surface area contributed by atoms with Crippen LogP contribution in [0.1, 0.15) is 11.6 Å². The third-order valence-corrected chi connectivity index (χ3v) is 5.01. The predicted octanol–water partition coefficient (Wildman–Crippen LogP) is 3.14. The molecule has 2 aromatic carbocycles. The second-order valence-corrected chi connectivity index (χ2v) is 6.88. The molecule has 1 saturated heterocycles. The molecule has 3 rings (SSSR count). The number of halogens is 1. The van der Waals surface area contributed by atoms with Crippen molar-refractivity contribution in [2.45, 2.75) is 6.04 Å². The van der Waals surface area contributed by atoms with Gasteiger partial charge in [-0.1, -0.05) is 35.9 Å². The average Bonchev–Trinajstić information content (AvgIpc) is 2.74. The number of ether oxygens (including phenoxy) is 2. The zero-order valence-corrected chi connectivity index (χ0v) is 16.4. The summed E-state index contributed by atoms with van der Waals surface area (Å²) in [6.07, 6.45) is 0. The summed E-state index contributed by atoms with van der Waals surface area (Å²) in [6, 6.07) is 16.6. The van der Waals surface area contributed by atoms with Crippen LogP contribution in [0.15, 0.2) is 48.5 Å². The fourth-order valence-electron chi connectivity index (χ4n) is 3.21. The van der Waals surface area contributed by atoms with E-state index in [0.29, 0.717) is 42.7 Å². The molecule has 1 fully saturated rings. The molecule has 7 heteroatoms. The van der Waals surface area contributed by atoms with E-state index in [-0.39, 0.29) is 18.6 Å². The lowest BCUT2D eigenvalue weighted by molar-refractivity contribution is -0.135. The Bertz CT molecular complexity index is 843. The molecule has 0 aliphatic carbocycles. The van der Waals surface area contributed by atoms with Crippen molar-refractivity contribution in [1.29, 1.82) is 5.26 Å². The minimum atomic E-state index is -0.348. The highest BCUT2D eigenvalue weighted by atomic mass is 35.5. The molecule has 0 aromatic heterocycles. The highest BCUT2D eigenvalue weighted by Gasteiger charge is 2.27. The van der Waals surface area contributed by atoms with Gasteiger partial charge in [0, 0.05) is 31.2 Å². The van der Waals surface area contributed by atoms with Crippen LogP contribution in [-0.4, -0.2) is 55.6 Å². The van der Waals surface area contributed by atoms with Gasteiger partial charge in [-0.05, 0) is 29.8 Å². The zero-order valence-electron chi connectivity index (χ0n) is 15.7. The minimum absolute atomic E-state index is 0.0424. The molecule has 1 atom stereocenters. The van der Waals surface area contributed by atoms with E-state index >= 15 is 0 Å². The van der Waals surface area contributed by atoms with Gasteiger partial charge in [0.15, 0.2) is 18.1 Å². The number of piperazine rings is 1. The highest BCUT2D eigenvalue weighted by molar-refractivity contribution is 6.30. The molecular formula is C21H22ClN3O3. The zero-order chi connectivity index (χ0) is 19.9. The molecule has 146 valence electrons. The average molecular weight is 400 g/mol. The Labute approximate surface area is 169 Å². The van der Waals surface area contributed by atoms with Crippen molar-refractivity contribution in [2.24, 2.45) is 0 Å². The maximum atomic E-state index is 12.5. The monoisotopic (exact) mass is 399 g/mol. The molecule has 0 radical (unpaired) electrons. The van der Waals surface area contributed by atoms with Crippen LogP contribution in [0.2, 0.25) is 5.02 Å². The van der Waals surface area contributed by atoms with Gasteiger partial charge in [0.05, 0.1) is 13.2 Å². The summed E-state index contributed by atoms with van der Waals surface area (Å²) in [6.45, 7) is 2.32. The predicted molar refractivity (Wildman–Crippen MR) is 106 cm³/mol. The Morgan fingerprint density at radius 1 is 1.11 bits per heavy atom. The molecular weight excluding hydrogens is 378 g/mol. The van der Waals surface area contributed by atoms with Gasteiger partial charge in [-0.3, -0.25) is 9.69 Å². The third-order valence-electron chi connectivity index (χ3n) is 4.76. The summed E-state index contributed by atoms with van der Waals surface area (Å²) < 4.78 is 10.9. The molecule has 0 saturated carbocycles. The fraction of sp³-hybridized carbons (Fsp3) is 0.333. The number of amides is 1. The Kier molecular flexibility index (Phi) is 6.75. The van der Waals surface area contributed by atoms with Gasteiger partial charge in [-0.2, -0.15) is 5.26 Å². The van der Waals surface area contributed by atoms with Crippen LogP contribution >= 0.6 is 11.6 Å². The van der Waals surface area contributed by atoms with Gasteiger partial charge in [-0.15, -0.1) is 0 Å². The van der Waals surface area contributed by atoms with E-state index in [1.54, 1.807) is 36.3 Å². The standard InChI is InChI=1S/C21H22ClN3O3/c1-27-19-4-2-3-5-20(19)28-15-21(26)25-12-10-24(11-13-25)18(14-23)16-6-8-17(22)9-7-16/h2-9,18H,10-13,15H2,1H3. The van der Waals surface area contributed by atoms with Crippen molar-refractivity contribution >= 4 is 17.5 Å². The number of methoxy groups -OCH3 is 1. The molecule has 6 nitrogen and oxygen atoms in total. The lowest BCUT2D eigenvalue weighted by atomic mass is 10.1. The Balaban J connectivity index is 1.53. The number of carbonyl (C=O) groups excluding carboxylic acids is 1. The Morgan fingerprint density at radius 3 is 2.36 bits per heavy atom. The summed E-state index contributed by atoms with van der Waals surface area (Å²) >= 11 is 5.93. The van der Waals surface area contributed by atoms with Crippen LogP contribution in [-0.2, 0) is 4.79 Å². The molecule has 1 aliphatic heterocycles. The topological polar surface area (TPSA) is 65.8 Å².